The standard InChI is InChI=1S/C22H19N3O2S2/c1-12-8-9-13(2)19-18(12)23-22(29-19)25-21(28)24-20(26)16-10-14-6-4-5-7-15(14)11-17(16)27-3/h4-11H,1-3H3,(H2,23,24,25,26,28). The second-order valence-corrected chi connectivity index (χ2v) is 8.11. The maximum Gasteiger partial charge on any atom is 0.261 e. The molecule has 0 radical (unpaired) electrons. The third-order valence-corrected chi connectivity index (χ3v) is 6.01. The van der Waals surface area contributed by atoms with Crippen LogP contribution in [-0.4, -0.2) is 23.1 Å². The summed E-state index contributed by atoms with van der Waals surface area (Å²) in [7, 11) is 1.54. The summed E-state index contributed by atoms with van der Waals surface area (Å²) in [5.41, 5.74) is 3.63. The summed E-state index contributed by atoms with van der Waals surface area (Å²) in [6.45, 7) is 4.08. The molecule has 0 atom stereocenters. The van der Waals surface area contributed by atoms with E-state index in [9.17, 15) is 4.79 Å². The molecule has 1 heterocycles. The van der Waals surface area contributed by atoms with Gasteiger partial charge in [0.25, 0.3) is 5.91 Å². The van der Waals surface area contributed by atoms with Gasteiger partial charge >= 0.3 is 0 Å². The topological polar surface area (TPSA) is 63.2 Å². The van der Waals surface area contributed by atoms with Crippen LogP contribution < -0.4 is 15.4 Å². The molecule has 1 aromatic heterocycles. The summed E-state index contributed by atoms with van der Waals surface area (Å²) in [6, 6.07) is 15.6. The molecule has 0 spiro atoms. The van der Waals surface area contributed by atoms with Crippen molar-refractivity contribution in [2.75, 3.05) is 12.4 Å². The van der Waals surface area contributed by atoms with Crippen molar-refractivity contribution in [3.8, 4) is 5.75 Å². The van der Waals surface area contributed by atoms with Crippen molar-refractivity contribution >= 4 is 60.7 Å². The van der Waals surface area contributed by atoms with Crippen LogP contribution in [0.3, 0.4) is 0 Å². The van der Waals surface area contributed by atoms with E-state index in [0.29, 0.717) is 16.4 Å². The minimum absolute atomic E-state index is 0.194. The smallest absolute Gasteiger partial charge is 0.261 e. The molecule has 29 heavy (non-hydrogen) atoms. The number of nitrogens with one attached hydrogen (secondary N) is 2. The van der Waals surface area contributed by atoms with Crippen LogP contribution in [0.15, 0.2) is 48.5 Å². The summed E-state index contributed by atoms with van der Waals surface area (Å²) in [6.07, 6.45) is 0. The number of aromatic nitrogens is 1. The van der Waals surface area contributed by atoms with Gasteiger partial charge in [-0.15, -0.1) is 0 Å². The van der Waals surface area contributed by atoms with E-state index in [-0.39, 0.29) is 11.0 Å². The first kappa shape index (κ1) is 19.3. The number of anilines is 1. The number of aryl methyl sites for hydroxylation is 2. The highest BCUT2D eigenvalue weighted by molar-refractivity contribution is 7.80. The van der Waals surface area contributed by atoms with Crippen molar-refractivity contribution in [3.05, 3.63) is 65.2 Å². The van der Waals surface area contributed by atoms with Crippen LogP contribution >= 0.6 is 23.6 Å². The zero-order chi connectivity index (χ0) is 20.5. The van der Waals surface area contributed by atoms with Gasteiger partial charge in [-0.2, -0.15) is 0 Å². The molecule has 1 amide bonds. The van der Waals surface area contributed by atoms with Crippen molar-refractivity contribution in [2.24, 2.45) is 0 Å². The Morgan fingerprint density at radius 1 is 1.07 bits per heavy atom. The van der Waals surface area contributed by atoms with Gasteiger partial charge in [-0.05, 0) is 60.1 Å². The number of methoxy groups -OCH3 is 1. The zero-order valence-electron chi connectivity index (χ0n) is 16.2. The zero-order valence-corrected chi connectivity index (χ0v) is 17.8. The van der Waals surface area contributed by atoms with Gasteiger partial charge in [0.15, 0.2) is 10.2 Å². The van der Waals surface area contributed by atoms with Crippen molar-refractivity contribution in [1.29, 1.82) is 0 Å². The van der Waals surface area contributed by atoms with E-state index in [1.54, 1.807) is 13.2 Å². The summed E-state index contributed by atoms with van der Waals surface area (Å²) >= 11 is 6.85. The highest BCUT2D eigenvalue weighted by Gasteiger charge is 2.16. The molecule has 5 nitrogen and oxygen atoms in total. The molecule has 0 unspecified atom stereocenters. The normalized spacial score (nSPS) is 10.9. The number of ether oxygens (including phenoxy) is 1. The lowest BCUT2D eigenvalue weighted by Crippen LogP contribution is -2.34. The average molecular weight is 422 g/mol. The second-order valence-electron chi connectivity index (χ2n) is 6.70. The Labute approximate surface area is 177 Å². The number of hydrogen-bond donors (Lipinski definition) is 2. The van der Waals surface area contributed by atoms with Gasteiger partial charge in [-0.25, -0.2) is 4.98 Å². The first-order chi connectivity index (χ1) is 14.0. The Bertz CT molecular complexity index is 1220. The number of thiazole rings is 1. The predicted octanol–water partition coefficient (Wildman–Crippen LogP) is 5.20. The van der Waals surface area contributed by atoms with E-state index in [1.807, 2.05) is 43.3 Å². The van der Waals surface area contributed by atoms with Gasteiger partial charge < -0.3 is 10.1 Å². The van der Waals surface area contributed by atoms with Gasteiger partial charge in [-0.1, -0.05) is 47.7 Å². The Morgan fingerprint density at radius 2 is 1.76 bits per heavy atom. The van der Waals surface area contributed by atoms with Crippen LogP contribution in [0.2, 0.25) is 0 Å². The predicted molar refractivity (Wildman–Crippen MR) is 123 cm³/mol. The van der Waals surface area contributed by atoms with E-state index in [4.69, 9.17) is 17.0 Å². The third kappa shape index (κ3) is 3.79. The van der Waals surface area contributed by atoms with Crippen LogP contribution in [0.1, 0.15) is 21.5 Å². The number of hydrogen-bond acceptors (Lipinski definition) is 5. The van der Waals surface area contributed by atoms with Crippen LogP contribution in [0.25, 0.3) is 21.0 Å². The summed E-state index contributed by atoms with van der Waals surface area (Å²) in [5, 5.41) is 8.55. The maximum absolute atomic E-state index is 12.8. The van der Waals surface area contributed by atoms with Crippen molar-refractivity contribution in [3.63, 3.8) is 0 Å². The van der Waals surface area contributed by atoms with Crippen LogP contribution in [-0.2, 0) is 0 Å². The molecule has 2 N–H and O–H groups in total. The lowest BCUT2D eigenvalue weighted by molar-refractivity contribution is 0.0975. The first-order valence-electron chi connectivity index (χ1n) is 9.02. The molecular formula is C22H19N3O2S2. The molecule has 0 aliphatic heterocycles. The molecular weight excluding hydrogens is 402 g/mol. The van der Waals surface area contributed by atoms with E-state index in [1.165, 1.54) is 11.3 Å². The fourth-order valence-corrected chi connectivity index (χ4v) is 4.45. The minimum Gasteiger partial charge on any atom is -0.496 e. The monoisotopic (exact) mass is 421 g/mol. The molecule has 4 rings (SSSR count). The van der Waals surface area contributed by atoms with Gasteiger partial charge in [-0.3, -0.25) is 10.1 Å². The molecule has 146 valence electrons. The van der Waals surface area contributed by atoms with Crippen LogP contribution in [0.5, 0.6) is 5.75 Å². The molecule has 0 saturated heterocycles. The molecule has 7 heteroatoms. The highest BCUT2D eigenvalue weighted by atomic mass is 32.1. The highest BCUT2D eigenvalue weighted by Crippen LogP contribution is 2.31. The second kappa shape index (κ2) is 7.77. The van der Waals surface area contributed by atoms with Gasteiger partial charge in [0, 0.05) is 0 Å². The lowest BCUT2D eigenvalue weighted by atomic mass is 10.1. The van der Waals surface area contributed by atoms with E-state index < -0.39 is 0 Å². The van der Waals surface area contributed by atoms with Crippen molar-refractivity contribution < 1.29 is 9.53 Å². The molecule has 0 saturated carbocycles. The van der Waals surface area contributed by atoms with E-state index in [0.717, 1.165) is 32.1 Å². The molecule has 0 aliphatic carbocycles. The van der Waals surface area contributed by atoms with Crippen LogP contribution in [0, 0.1) is 13.8 Å². The fraction of sp³-hybridized carbons (Fsp3) is 0.136. The number of carbonyl (C=O) groups is 1. The SMILES string of the molecule is COc1cc2ccccc2cc1C(=O)NC(=S)Nc1nc2c(C)ccc(C)c2s1. The first-order valence-corrected chi connectivity index (χ1v) is 10.2. The van der Waals surface area contributed by atoms with Crippen molar-refractivity contribution in [1.82, 2.24) is 10.3 Å². The summed E-state index contributed by atoms with van der Waals surface area (Å²) in [4.78, 5) is 17.4. The Balaban J connectivity index is 1.56. The Morgan fingerprint density at radius 3 is 2.45 bits per heavy atom. The van der Waals surface area contributed by atoms with E-state index >= 15 is 0 Å². The number of rotatable bonds is 3. The van der Waals surface area contributed by atoms with E-state index in [2.05, 4.69) is 28.6 Å². The molecule has 4 aromatic rings. The molecule has 0 fully saturated rings. The van der Waals surface area contributed by atoms with Gasteiger partial charge in [0.2, 0.25) is 0 Å². The van der Waals surface area contributed by atoms with Crippen LogP contribution in [0.4, 0.5) is 5.13 Å². The number of benzene rings is 3. The van der Waals surface area contributed by atoms with Gasteiger partial charge in [0.1, 0.15) is 5.75 Å². The number of fused-ring (bicyclic) bond motifs is 2. The minimum atomic E-state index is -0.335. The maximum atomic E-state index is 12.8. The van der Waals surface area contributed by atoms with Crippen molar-refractivity contribution in [2.45, 2.75) is 13.8 Å². The van der Waals surface area contributed by atoms with Gasteiger partial charge in [0.05, 0.1) is 22.9 Å². The molecule has 0 aliphatic rings. The quantitative estimate of drug-likeness (QED) is 0.445. The largest absolute Gasteiger partial charge is 0.496 e. The molecule has 3 aromatic carbocycles. The number of nitrogens with zero attached hydrogens (tertiary/aromatic N) is 1. The number of carbonyl (C=O) groups excluding carboxylic acids is 1. The number of amides is 1. The Kier molecular flexibility index (Phi) is 5.17. The third-order valence-electron chi connectivity index (χ3n) is 4.70. The lowest BCUT2D eigenvalue weighted by Gasteiger charge is -2.11. The Hall–Kier alpha value is -3.03. The fourth-order valence-electron chi connectivity index (χ4n) is 3.18. The summed E-state index contributed by atoms with van der Waals surface area (Å²) in [5.74, 6) is 0.161. The molecule has 0 bridgehead atoms. The summed E-state index contributed by atoms with van der Waals surface area (Å²) < 4.78 is 6.51. The average Bonchev–Trinajstić information content (AvgIpc) is 3.14. The number of thiocarbonyl (C=S) groups is 1.